The Balaban J connectivity index is 0.995. The molecule has 0 atom stereocenters. The van der Waals surface area contributed by atoms with E-state index in [-0.39, 0.29) is 0 Å². The summed E-state index contributed by atoms with van der Waals surface area (Å²) in [6, 6.07) is 58.8. The van der Waals surface area contributed by atoms with Crippen molar-refractivity contribution in [2.24, 2.45) is 0 Å². The van der Waals surface area contributed by atoms with Crippen molar-refractivity contribution in [3.05, 3.63) is 170 Å². The molecule has 49 heavy (non-hydrogen) atoms. The van der Waals surface area contributed by atoms with E-state index in [4.69, 9.17) is 9.97 Å². The normalized spacial score (nSPS) is 11.7. The van der Waals surface area contributed by atoms with Crippen LogP contribution in [0.2, 0.25) is 0 Å². The third-order valence-corrected chi connectivity index (χ3v) is 10.9. The molecule has 10 aromatic rings. The van der Waals surface area contributed by atoms with Crippen LogP contribution in [0.3, 0.4) is 0 Å². The summed E-state index contributed by atoms with van der Waals surface area (Å²) in [6.07, 6.45) is 1.91. The van der Waals surface area contributed by atoms with E-state index < -0.39 is 0 Å². The predicted octanol–water partition coefficient (Wildman–Crippen LogP) is 13.0. The zero-order chi connectivity index (χ0) is 32.3. The number of hydrogen-bond acceptors (Lipinski definition) is 3. The highest BCUT2D eigenvalue weighted by molar-refractivity contribution is 7.26. The van der Waals surface area contributed by atoms with Crippen LogP contribution >= 0.6 is 11.3 Å². The van der Waals surface area contributed by atoms with Gasteiger partial charge in [-0.15, -0.1) is 11.3 Å². The topological polar surface area (TPSA) is 25.8 Å². The molecule has 0 amide bonds. The van der Waals surface area contributed by atoms with Crippen LogP contribution in [0.1, 0.15) is 0 Å². The van der Waals surface area contributed by atoms with E-state index in [1.807, 2.05) is 17.5 Å². The first-order valence-electron chi connectivity index (χ1n) is 16.6. The standard InChI is InChI=1S/C46H28N2S/c1-3-17-39-36(14-1)37-15-2-4-18-40(37)45-44(39)47-28-42(48-45)34-13-8-11-32(27-34)30-24-22-29(23-25-30)31-10-7-12-33(26-31)35-19-9-20-41-38-16-5-6-21-43(38)49-46(35)41/h1-28H. The Morgan fingerprint density at radius 3 is 1.61 bits per heavy atom. The quantitative estimate of drug-likeness (QED) is 0.179. The number of fused-ring (bicyclic) bond motifs is 9. The second-order valence-corrected chi connectivity index (χ2v) is 13.6. The van der Waals surface area contributed by atoms with Crippen molar-refractivity contribution >= 4 is 64.1 Å². The third kappa shape index (κ3) is 4.62. The predicted molar refractivity (Wildman–Crippen MR) is 209 cm³/mol. The van der Waals surface area contributed by atoms with Gasteiger partial charge in [-0.2, -0.15) is 0 Å². The van der Waals surface area contributed by atoms with Crippen molar-refractivity contribution < 1.29 is 0 Å². The lowest BCUT2D eigenvalue weighted by atomic mass is 9.96. The van der Waals surface area contributed by atoms with Crippen LogP contribution in [0.15, 0.2) is 170 Å². The highest BCUT2D eigenvalue weighted by Gasteiger charge is 2.14. The highest BCUT2D eigenvalue weighted by Crippen LogP contribution is 2.41. The van der Waals surface area contributed by atoms with Gasteiger partial charge in [-0.3, -0.25) is 4.98 Å². The van der Waals surface area contributed by atoms with Gasteiger partial charge in [-0.25, -0.2) is 4.98 Å². The summed E-state index contributed by atoms with van der Waals surface area (Å²) in [5, 5.41) is 7.32. The van der Waals surface area contributed by atoms with Crippen LogP contribution in [0.5, 0.6) is 0 Å². The Morgan fingerprint density at radius 2 is 0.898 bits per heavy atom. The van der Waals surface area contributed by atoms with Crippen LogP contribution in [-0.4, -0.2) is 9.97 Å². The zero-order valence-electron chi connectivity index (χ0n) is 26.5. The van der Waals surface area contributed by atoms with E-state index in [1.165, 1.54) is 58.8 Å². The Bertz CT molecular complexity index is 2850. The third-order valence-electron chi connectivity index (χ3n) is 9.71. The maximum Gasteiger partial charge on any atom is 0.0979 e. The molecule has 0 radical (unpaired) electrons. The van der Waals surface area contributed by atoms with E-state index in [1.54, 1.807) is 0 Å². The molecule has 0 fully saturated rings. The van der Waals surface area contributed by atoms with E-state index in [0.29, 0.717) is 0 Å². The van der Waals surface area contributed by atoms with Crippen molar-refractivity contribution in [1.82, 2.24) is 9.97 Å². The molecule has 2 heterocycles. The van der Waals surface area contributed by atoms with Gasteiger partial charge in [0.15, 0.2) is 0 Å². The Kier molecular flexibility index (Phi) is 6.39. The molecule has 3 heteroatoms. The molecule has 0 spiro atoms. The molecule has 10 rings (SSSR count). The maximum absolute atomic E-state index is 5.21. The van der Waals surface area contributed by atoms with Gasteiger partial charge in [-0.1, -0.05) is 146 Å². The van der Waals surface area contributed by atoms with Crippen LogP contribution in [0.4, 0.5) is 0 Å². The second kappa shape index (κ2) is 11.2. The number of hydrogen-bond donors (Lipinski definition) is 0. The molecule has 2 aromatic heterocycles. The fraction of sp³-hybridized carbons (Fsp3) is 0. The van der Waals surface area contributed by atoms with Crippen LogP contribution in [-0.2, 0) is 0 Å². The molecule has 0 aliphatic heterocycles. The fourth-order valence-corrected chi connectivity index (χ4v) is 8.55. The van der Waals surface area contributed by atoms with E-state index in [2.05, 4.69) is 164 Å². The molecule has 2 nitrogen and oxygen atoms in total. The summed E-state index contributed by atoms with van der Waals surface area (Å²) in [6.45, 7) is 0. The summed E-state index contributed by atoms with van der Waals surface area (Å²) < 4.78 is 2.67. The first-order valence-corrected chi connectivity index (χ1v) is 17.4. The minimum atomic E-state index is 0.872. The molecular weight excluding hydrogens is 613 g/mol. The first-order chi connectivity index (χ1) is 24.3. The average molecular weight is 641 g/mol. The highest BCUT2D eigenvalue weighted by atomic mass is 32.1. The van der Waals surface area contributed by atoms with Gasteiger partial charge in [-0.05, 0) is 62.4 Å². The van der Waals surface area contributed by atoms with Gasteiger partial charge in [0, 0.05) is 36.5 Å². The largest absolute Gasteiger partial charge is 0.252 e. The molecule has 0 bridgehead atoms. The lowest BCUT2D eigenvalue weighted by Gasteiger charge is -2.11. The Morgan fingerprint density at radius 1 is 0.367 bits per heavy atom. The van der Waals surface area contributed by atoms with Crippen molar-refractivity contribution in [2.45, 2.75) is 0 Å². The van der Waals surface area contributed by atoms with Gasteiger partial charge < -0.3 is 0 Å². The minimum Gasteiger partial charge on any atom is -0.252 e. The SMILES string of the molecule is c1cc(-c2ccc(-c3cccc(-c4cccc5c4sc4ccccc45)c3)cc2)cc(-c2cnc3c4ccccc4c4ccccc4c3n2)c1. The summed E-state index contributed by atoms with van der Waals surface area (Å²) in [5.74, 6) is 0. The molecule has 228 valence electrons. The first kappa shape index (κ1) is 27.9. The van der Waals surface area contributed by atoms with Gasteiger partial charge in [0.25, 0.3) is 0 Å². The lowest BCUT2D eigenvalue weighted by Crippen LogP contribution is -1.92. The molecule has 0 N–H and O–H groups in total. The molecule has 8 aromatic carbocycles. The molecule has 0 saturated heterocycles. The van der Waals surface area contributed by atoms with Crippen molar-refractivity contribution in [3.8, 4) is 44.6 Å². The van der Waals surface area contributed by atoms with Gasteiger partial charge >= 0.3 is 0 Å². The zero-order valence-corrected chi connectivity index (χ0v) is 27.3. The number of rotatable bonds is 4. The summed E-state index contributed by atoms with van der Waals surface area (Å²) in [4.78, 5) is 10.2. The van der Waals surface area contributed by atoms with Gasteiger partial charge in [0.1, 0.15) is 0 Å². The van der Waals surface area contributed by atoms with Crippen LogP contribution in [0, 0.1) is 0 Å². The fourth-order valence-electron chi connectivity index (χ4n) is 7.32. The lowest BCUT2D eigenvalue weighted by molar-refractivity contribution is 1.31. The minimum absolute atomic E-state index is 0.872. The Hall–Kier alpha value is -6.16. The molecule has 0 unspecified atom stereocenters. The van der Waals surface area contributed by atoms with Gasteiger partial charge in [0.2, 0.25) is 0 Å². The monoisotopic (exact) mass is 640 g/mol. The number of nitrogens with zero attached hydrogens (tertiary/aromatic N) is 2. The van der Waals surface area contributed by atoms with E-state index in [0.717, 1.165) is 38.6 Å². The number of thiophene rings is 1. The summed E-state index contributed by atoms with van der Waals surface area (Å²) in [7, 11) is 0. The maximum atomic E-state index is 5.21. The summed E-state index contributed by atoms with van der Waals surface area (Å²) in [5.41, 5.74) is 11.1. The smallest absolute Gasteiger partial charge is 0.0979 e. The van der Waals surface area contributed by atoms with Crippen LogP contribution in [0.25, 0.3) is 97.4 Å². The Labute approximate surface area is 287 Å². The molecule has 0 aliphatic carbocycles. The van der Waals surface area contributed by atoms with Crippen molar-refractivity contribution in [1.29, 1.82) is 0 Å². The molecular formula is C46H28N2S. The number of benzene rings is 8. The van der Waals surface area contributed by atoms with Crippen molar-refractivity contribution in [2.75, 3.05) is 0 Å². The van der Waals surface area contributed by atoms with Crippen LogP contribution < -0.4 is 0 Å². The van der Waals surface area contributed by atoms with Crippen molar-refractivity contribution in [3.63, 3.8) is 0 Å². The summed E-state index contributed by atoms with van der Waals surface area (Å²) >= 11 is 1.88. The van der Waals surface area contributed by atoms with E-state index >= 15 is 0 Å². The number of aromatic nitrogens is 2. The second-order valence-electron chi connectivity index (χ2n) is 12.6. The van der Waals surface area contributed by atoms with E-state index in [9.17, 15) is 0 Å². The molecule has 0 saturated carbocycles. The van der Waals surface area contributed by atoms with Gasteiger partial charge in [0.05, 0.1) is 22.9 Å². The average Bonchev–Trinajstić information content (AvgIpc) is 3.57. The molecule has 0 aliphatic rings.